The van der Waals surface area contributed by atoms with Gasteiger partial charge >= 0.3 is 0 Å². The number of allylic oxidation sites excluding steroid dienone is 3. The molecule has 20 heavy (non-hydrogen) atoms. The molecular formula is C14H15NO5. The van der Waals surface area contributed by atoms with Gasteiger partial charge in [-0.1, -0.05) is 25.7 Å². The van der Waals surface area contributed by atoms with Crippen molar-refractivity contribution in [1.29, 1.82) is 0 Å². The molecule has 6 nitrogen and oxygen atoms in total. The molecular weight excluding hydrogens is 262 g/mol. The van der Waals surface area contributed by atoms with Crippen LogP contribution in [0, 0.1) is 5.41 Å². The Morgan fingerprint density at radius 2 is 2.10 bits per heavy atom. The molecule has 106 valence electrons. The van der Waals surface area contributed by atoms with Crippen molar-refractivity contribution in [3.8, 4) is 0 Å². The molecule has 0 aromatic carbocycles. The Balaban J connectivity index is 2.72. The summed E-state index contributed by atoms with van der Waals surface area (Å²) in [6.45, 7) is 5.32. The number of carbonyl (C=O) groups excluding carboxylic acids is 3. The zero-order valence-corrected chi connectivity index (χ0v) is 11.3. The van der Waals surface area contributed by atoms with E-state index < -0.39 is 29.0 Å². The van der Waals surface area contributed by atoms with E-state index in [0.717, 1.165) is 11.1 Å². The fraction of sp³-hybridized carbons (Fsp3) is 0.357. The van der Waals surface area contributed by atoms with Crippen molar-refractivity contribution >= 4 is 17.5 Å². The predicted octanol–water partition coefficient (Wildman–Crippen LogP) is 0.295. The van der Waals surface area contributed by atoms with Crippen LogP contribution in [0.2, 0.25) is 0 Å². The van der Waals surface area contributed by atoms with Crippen LogP contribution >= 0.6 is 0 Å². The van der Waals surface area contributed by atoms with Gasteiger partial charge < -0.3 is 5.11 Å². The Morgan fingerprint density at radius 3 is 2.60 bits per heavy atom. The van der Waals surface area contributed by atoms with E-state index in [-0.39, 0.29) is 5.70 Å². The number of amides is 1. The van der Waals surface area contributed by atoms with E-state index in [0.29, 0.717) is 12.0 Å². The van der Waals surface area contributed by atoms with Crippen LogP contribution < -0.4 is 0 Å². The Morgan fingerprint density at radius 1 is 1.45 bits per heavy atom. The third kappa shape index (κ3) is 1.55. The van der Waals surface area contributed by atoms with E-state index in [1.807, 2.05) is 6.92 Å². The van der Waals surface area contributed by atoms with Crippen LogP contribution in [0.15, 0.2) is 36.1 Å². The van der Waals surface area contributed by atoms with Gasteiger partial charge in [0.05, 0.1) is 7.11 Å². The summed E-state index contributed by atoms with van der Waals surface area (Å²) in [5.41, 5.74) is -1.86. The highest BCUT2D eigenvalue weighted by Gasteiger charge is 2.65. The van der Waals surface area contributed by atoms with Gasteiger partial charge in [0.2, 0.25) is 5.78 Å². The van der Waals surface area contributed by atoms with Gasteiger partial charge in [-0.3, -0.25) is 19.2 Å². The summed E-state index contributed by atoms with van der Waals surface area (Å²) in [5.74, 6) is -2.19. The molecule has 6 heteroatoms. The number of hydrogen-bond donors (Lipinski definition) is 1. The van der Waals surface area contributed by atoms with E-state index in [1.165, 1.54) is 13.2 Å². The lowest BCUT2D eigenvalue weighted by Crippen LogP contribution is -2.52. The van der Waals surface area contributed by atoms with Gasteiger partial charge in [-0.2, -0.15) is 5.06 Å². The molecule has 0 unspecified atom stereocenters. The average molecular weight is 277 g/mol. The van der Waals surface area contributed by atoms with E-state index in [9.17, 15) is 19.5 Å². The van der Waals surface area contributed by atoms with Gasteiger partial charge in [-0.25, -0.2) is 0 Å². The number of aliphatic hydroxyl groups excluding tert-OH is 1. The minimum Gasteiger partial charge on any atom is -0.383 e. The molecule has 0 aromatic heterocycles. The second-order valence-corrected chi connectivity index (χ2v) is 4.57. The average Bonchev–Trinajstić information content (AvgIpc) is 2.61. The largest absolute Gasteiger partial charge is 0.383 e. The van der Waals surface area contributed by atoms with Crippen LogP contribution in [0.25, 0.3) is 0 Å². The quantitative estimate of drug-likeness (QED) is 0.579. The summed E-state index contributed by atoms with van der Waals surface area (Å²) in [7, 11) is 1.21. The van der Waals surface area contributed by atoms with Crippen LogP contribution in [0.4, 0.5) is 0 Å². The molecule has 1 N–H and O–H groups in total. The van der Waals surface area contributed by atoms with Crippen LogP contribution in [-0.2, 0) is 19.2 Å². The number of hydrogen-bond acceptors (Lipinski definition) is 5. The maximum Gasteiger partial charge on any atom is 0.272 e. The van der Waals surface area contributed by atoms with Crippen molar-refractivity contribution in [1.82, 2.24) is 5.06 Å². The van der Waals surface area contributed by atoms with Crippen molar-refractivity contribution in [3.63, 3.8) is 0 Å². The Hall–Kier alpha value is -2.05. The highest BCUT2D eigenvalue weighted by molar-refractivity contribution is 6.26. The molecule has 0 radical (unpaired) electrons. The SMILES string of the molecule is C=C1C(=O)[C@@]2(C(=O)N1OC)/C(=C/CC)C=CC(=O)[C@@H]2O. The molecule has 1 saturated heterocycles. The first kappa shape index (κ1) is 14.4. The molecule has 1 spiro atoms. The second-order valence-electron chi connectivity index (χ2n) is 4.57. The number of ketones is 2. The predicted molar refractivity (Wildman–Crippen MR) is 69.0 cm³/mol. The number of carbonyl (C=O) groups is 3. The first-order valence-corrected chi connectivity index (χ1v) is 6.15. The van der Waals surface area contributed by atoms with Gasteiger partial charge in [0, 0.05) is 0 Å². The normalized spacial score (nSPS) is 32.0. The highest BCUT2D eigenvalue weighted by Crippen LogP contribution is 2.46. The maximum atomic E-state index is 12.5. The fourth-order valence-electron chi connectivity index (χ4n) is 2.60. The molecule has 1 fully saturated rings. The van der Waals surface area contributed by atoms with Crippen LogP contribution in [0.5, 0.6) is 0 Å². The molecule has 0 saturated carbocycles. The number of aliphatic hydroxyl groups is 1. The summed E-state index contributed by atoms with van der Waals surface area (Å²) in [5, 5.41) is 10.9. The molecule has 0 bridgehead atoms. The molecule has 1 heterocycles. The summed E-state index contributed by atoms with van der Waals surface area (Å²) >= 11 is 0. The van der Waals surface area contributed by atoms with Gasteiger partial charge in [0.15, 0.2) is 11.2 Å². The summed E-state index contributed by atoms with van der Waals surface area (Å²) < 4.78 is 0. The molecule has 1 aliphatic heterocycles. The molecule has 2 rings (SSSR count). The number of hydroxylamine groups is 2. The topological polar surface area (TPSA) is 83.9 Å². The lowest BCUT2D eigenvalue weighted by molar-refractivity contribution is -0.170. The van der Waals surface area contributed by atoms with Crippen molar-refractivity contribution in [2.45, 2.75) is 19.4 Å². The minimum atomic E-state index is -1.96. The Kier molecular flexibility index (Phi) is 3.45. The van der Waals surface area contributed by atoms with E-state index in [1.54, 1.807) is 6.08 Å². The number of Topliss-reactive ketones (excluding diaryl/α,β-unsaturated/α-hetero) is 1. The number of rotatable bonds is 2. The van der Waals surface area contributed by atoms with E-state index in [2.05, 4.69) is 6.58 Å². The Labute approximate surface area is 116 Å². The lowest BCUT2D eigenvalue weighted by atomic mass is 9.68. The molecule has 1 amide bonds. The first-order valence-electron chi connectivity index (χ1n) is 6.15. The standard InChI is InChI=1S/C14H15NO5/c1-4-5-9-6-7-10(16)12(18)14(9)11(17)8(2)15(20-3)13(14)19/h5-7,12,18H,2,4H2,1,3H3/b9-5+/t12-,14-/m0/s1. The summed E-state index contributed by atoms with van der Waals surface area (Å²) in [6, 6.07) is 0. The lowest BCUT2D eigenvalue weighted by Gasteiger charge is -2.32. The molecule has 0 aromatic rings. The second kappa shape index (κ2) is 4.81. The van der Waals surface area contributed by atoms with Crippen LogP contribution in [-0.4, -0.2) is 40.9 Å². The molecule has 2 atom stereocenters. The smallest absolute Gasteiger partial charge is 0.272 e. The maximum absolute atomic E-state index is 12.5. The molecule has 1 aliphatic carbocycles. The third-order valence-electron chi connectivity index (χ3n) is 3.56. The van der Waals surface area contributed by atoms with Crippen LogP contribution in [0.1, 0.15) is 13.3 Å². The zero-order chi connectivity index (χ0) is 15.1. The highest BCUT2D eigenvalue weighted by atomic mass is 16.7. The van der Waals surface area contributed by atoms with Crippen molar-refractivity contribution < 1.29 is 24.3 Å². The minimum absolute atomic E-state index is 0.193. The van der Waals surface area contributed by atoms with Crippen molar-refractivity contribution in [2.75, 3.05) is 7.11 Å². The molecule has 2 aliphatic rings. The monoisotopic (exact) mass is 277 g/mol. The fourth-order valence-corrected chi connectivity index (χ4v) is 2.60. The van der Waals surface area contributed by atoms with Gasteiger partial charge in [0.1, 0.15) is 11.8 Å². The van der Waals surface area contributed by atoms with Gasteiger partial charge in [-0.05, 0) is 18.1 Å². The first-order chi connectivity index (χ1) is 9.42. The van der Waals surface area contributed by atoms with Crippen molar-refractivity contribution in [2.24, 2.45) is 5.41 Å². The van der Waals surface area contributed by atoms with E-state index in [4.69, 9.17) is 4.84 Å². The Bertz CT molecular complexity index is 574. The summed E-state index contributed by atoms with van der Waals surface area (Å²) in [6.07, 6.45) is 2.97. The van der Waals surface area contributed by atoms with Gasteiger partial charge in [-0.15, -0.1) is 0 Å². The summed E-state index contributed by atoms with van der Waals surface area (Å²) in [4.78, 5) is 41.6. The van der Waals surface area contributed by atoms with E-state index >= 15 is 0 Å². The van der Waals surface area contributed by atoms with Crippen LogP contribution in [0.3, 0.4) is 0 Å². The zero-order valence-electron chi connectivity index (χ0n) is 11.3. The third-order valence-corrected chi connectivity index (χ3v) is 3.56. The number of nitrogens with zero attached hydrogens (tertiary/aromatic N) is 1. The van der Waals surface area contributed by atoms with Crippen molar-refractivity contribution in [3.05, 3.63) is 36.1 Å². The van der Waals surface area contributed by atoms with Gasteiger partial charge in [0.25, 0.3) is 5.91 Å².